The molecule has 23 heavy (non-hydrogen) atoms. The van der Waals surface area contributed by atoms with E-state index in [1.807, 2.05) is 24.5 Å². The van der Waals surface area contributed by atoms with Crippen LogP contribution in [-0.2, 0) is 7.05 Å². The molecule has 0 aliphatic carbocycles. The van der Waals surface area contributed by atoms with Crippen LogP contribution in [0, 0.1) is 17.4 Å². The number of amidine groups is 2. The molecule has 0 aromatic carbocycles. The Morgan fingerprint density at radius 3 is 3.13 bits per heavy atom. The fourth-order valence-corrected chi connectivity index (χ4v) is 2.98. The van der Waals surface area contributed by atoms with Crippen molar-refractivity contribution in [2.24, 2.45) is 23.0 Å². The number of aliphatic imine (C=N–C) groups is 2. The molecule has 0 bridgehead atoms. The van der Waals surface area contributed by atoms with Crippen LogP contribution in [0.15, 0.2) is 34.3 Å². The highest BCUT2D eigenvalue weighted by Gasteiger charge is 2.32. The first-order valence-electron chi connectivity index (χ1n) is 7.51. The highest BCUT2D eigenvalue weighted by molar-refractivity contribution is 6.42. The molecule has 9 heteroatoms. The molecule has 2 N–H and O–H groups in total. The molecular weight excluding hydrogens is 294 g/mol. The molecular formula is C14H17N9. The molecule has 3 aliphatic rings. The van der Waals surface area contributed by atoms with Gasteiger partial charge in [-0.2, -0.15) is 10.4 Å². The SMILES string of the molecule is Cn1cc(N=C2NC(C3CCN(C#N)C3)=CN3NCN=C23)cn1. The highest BCUT2D eigenvalue weighted by Crippen LogP contribution is 2.25. The largest absolute Gasteiger partial charge is 0.339 e. The van der Waals surface area contributed by atoms with E-state index in [9.17, 15) is 0 Å². The molecule has 1 unspecified atom stereocenters. The smallest absolute Gasteiger partial charge is 0.187 e. The molecule has 0 radical (unpaired) electrons. The second kappa shape index (κ2) is 5.40. The lowest BCUT2D eigenvalue weighted by Crippen LogP contribution is -2.48. The van der Waals surface area contributed by atoms with E-state index in [-0.39, 0.29) is 5.92 Å². The number of rotatable bonds is 2. The predicted octanol–water partition coefficient (Wildman–Crippen LogP) is -0.126. The number of hydrazine groups is 1. The van der Waals surface area contributed by atoms with Gasteiger partial charge in [0.1, 0.15) is 12.4 Å². The lowest BCUT2D eigenvalue weighted by molar-refractivity contribution is 0.428. The van der Waals surface area contributed by atoms with Crippen molar-refractivity contribution >= 4 is 17.4 Å². The molecule has 0 spiro atoms. The number of hydrogen-bond donors (Lipinski definition) is 2. The van der Waals surface area contributed by atoms with Crippen LogP contribution >= 0.6 is 0 Å². The summed E-state index contributed by atoms with van der Waals surface area (Å²) in [6.07, 6.45) is 8.75. The first-order valence-corrected chi connectivity index (χ1v) is 7.51. The number of nitrogens with one attached hydrogen (secondary N) is 2. The quantitative estimate of drug-likeness (QED) is 0.739. The van der Waals surface area contributed by atoms with Crippen LogP contribution < -0.4 is 10.7 Å². The van der Waals surface area contributed by atoms with Crippen LogP contribution in [0.25, 0.3) is 0 Å². The number of aryl methyl sites for hydroxylation is 1. The van der Waals surface area contributed by atoms with Gasteiger partial charge in [0, 0.05) is 38.0 Å². The van der Waals surface area contributed by atoms with E-state index >= 15 is 0 Å². The van der Waals surface area contributed by atoms with Crippen molar-refractivity contribution in [2.45, 2.75) is 6.42 Å². The molecule has 1 aromatic heterocycles. The summed E-state index contributed by atoms with van der Waals surface area (Å²) in [6, 6.07) is 0. The first kappa shape index (κ1) is 13.8. The fraction of sp³-hybridized carbons (Fsp3) is 0.429. The second-order valence-corrected chi connectivity index (χ2v) is 5.74. The van der Waals surface area contributed by atoms with Gasteiger partial charge >= 0.3 is 0 Å². The van der Waals surface area contributed by atoms with Gasteiger partial charge in [-0.15, -0.1) is 0 Å². The van der Waals surface area contributed by atoms with Crippen LogP contribution in [0.2, 0.25) is 0 Å². The Labute approximate surface area is 133 Å². The zero-order valence-electron chi connectivity index (χ0n) is 12.8. The van der Waals surface area contributed by atoms with Gasteiger partial charge in [0.2, 0.25) is 0 Å². The Morgan fingerprint density at radius 1 is 1.48 bits per heavy atom. The van der Waals surface area contributed by atoms with Gasteiger partial charge < -0.3 is 10.2 Å². The van der Waals surface area contributed by atoms with Crippen LogP contribution in [-0.4, -0.2) is 51.1 Å². The van der Waals surface area contributed by atoms with Crippen molar-refractivity contribution < 1.29 is 0 Å². The van der Waals surface area contributed by atoms with Crippen LogP contribution in [0.5, 0.6) is 0 Å². The van der Waals surface area contributed by atoms with Gasteiger partial charge in [0.15, 0.2) is 17.9 Å². The number of aromatic nitrogens is 2. The van der Waals surface area contributed by atoms with Crippen molar-refractivity contribution in [1.82, 2.24) is 30.4 Å². The monoisotopic (exact) mass is 311 g/mol. The highest BCUT2D eigenvalue weighted by atomic mass is 15.6. The summed E-state index contributed by atoms with van der Waals surface area (Å²) in [4.78, 5) is 10.9. The molecule has 1 aromatic rings. The zero-order chi connectivity index (χ0) is 15.8. The normalized spacial score (nSPS) is 25.0. The Morgan fingerprint density at radius 2 is 2.39 bits per heavy atom. The predicted molar refractivity (Wildman–Crippen MR) is 84.1 cm³/mol. The van der Waals surface area contributed by atoms with Crippen LogP contribution in [0.1, 0.15) is 6.42 Å². The molecule has 3 aliphatic heterocycles. The van der Waals surface area contributed by atoms with Gasteiger partial charge in [0.05, 0.1) is 12.4 Å². The number of fused-ring (bicyclic) bond motifs is 1. The maximum atomic E-state index is 9.04. The molecule has 0 saturated carbocycles. The second-order valence-electron chi connectivity index (χ2n) is 5.74. The molecule has 1 fully saturated rings. The maximum Gasteiger partial charge on any atom is 0.187 e. The van der Waals surface area contributed by atoms with E-state index in [1.165, 1.54) is 0 Å². The summed E-state index contributed by atoms with van der Waals surface area (Å²) in [7, 11) is 1.86. The average molecular weight is 311 g/mol. The van der Waals surface area contributed by atoms with Gasteiger partial charge in [-0.05, 0) is 6.42 Å². The van der Waals surface area contributed by atoms with Crippen molar-refractivity contribution in [2.75, 3.05) is 19.8 Å². The Balaban J connectivity index is 1.62. The van der Waals surface area contributed by atoms with Gasteiger partial charge in [-0.3, -0.25) is 9.69 Å². The van der Waals surface area contributed by atoms with Gasteiger partial charge in [0.25, 0.3) is 0 Å². The Bertz CT molecular complexity index is 751. The number of likely N-dealkylation sites (tertiary alicyclic amines) is 1. The van der Waals surface area contributed by atoms with E-state index in [2.05, 4.69) is 32.0 Å². The molecule has 1 atom stereocenters. The summed E-state index contributed by atoms with van der Waals surface area (Å²) >= 11 is 0. The molecule has 118 valence electrons. The molecule has 4 heterocycles. The minimum atomic E-state index is 0.290. The lowest BCUT2D eigenvalue weighted by atomic mass is 10.0. The van der Waals surface area contributed by atoms with Crippen molar-refractivity contribution in [3.8, 4) is 6.19 Å². The van der Waals surface area contributed by atoms with Crippen molar-refractivity contribution in [1.29, 1.82) is 5.26 Å². The van der Waals surface area contributed by atoms with Crippen LogP contribution in [0.4, 0.5) is 5.69 Å². The zero-order valence-corrected chi connectivity index (χ0v) is 12.8. The summed E-state index contributed by atoms with van der Waals surface area (Å²) in [6.45, 7) is 2.06. The molecule has 9 nitrogen and oxygen atoms in total. The summed E-state index contributed by atoms with van der Waals surface area (Å²) in [5.41, 5.74) is 5.02. The van der Waals surface area contributed by atoms with E-state index in [1.54, 1.807) is 15.8 Å². The first-order chi connectivity index (χ1) is 11.2. The van der Waals surface area contributed by atoms with Gasteiger partial charge in [-0.25, -0.2) is 15.4 Å². The number of hydrogen-bond acceptors (Lipinski definition) is 7. The third-order valence-electron chi connectivity index (χ3n) is 4.14. The minimum absolute atomic E-state index is 0.290. The lowest BCUT2D eigenvalue weighted by Gasteiger charge is -2.28. The maximum absolute atomic E-state index is 9.04. The van der Waals surface area contributed by atoms with E-state index in [0.717, 1.165) is 36.7 Å². The van der Waals surface area contributed by atoms with Crippen molar-refractivity contribution in [3.63, 3.8) is 0 Å². The fourth-order valence-electron chi connectivity index (χ4n) is 2.98. The number of nitrogens with zero attached hydrogens (tertiary/aromatic N) is 7. The van der Waals surface area contributed by atoms with Crippen molar-refractivity contribution in [3.05, 3.63) is 24.3 Å². The standard InChI is InChI=1S/C14H17N9/c1-21-6-11(4-17-21)19-13-14-16-9-18-23(14)7-12(20-13)10-2-3-22(5-10)8-15/h4,6-7,10,18H,2-3,5,9H2,1H3,(H,19,20). The average Bonchev–Trinajstić information content (AvgIpc) is 3.26. The third kappa shape index (κ3) is 2.53. The summed E-state index contributed by atoms with van der Waals surface area (Å²) in [5.74, 6) is 1.77. The number of nitriles is 1. The topological polar surface area (TPSA) is 96.9 Å². The summed E-state index contributed by atoms with van der Waals surface area (Å²) in [5, 5.41) is 18.5. The van der Waals surface area contributed by atoms with E-state index in [4.69, 9.17) is 5.26 Å². The van der Waals surface area contributed by atoms with Crippen LogP contribution in [0.3, 0.4) is 0 Å². The van der Waals surface area contributed by atoms with Gasteiger partial charge in [-0.1, -0.05) is 0 Å². The Kier molecular flexibility index (Phi) is 3.24. The minimum Gasteiger partial charge on any atom is -0.339 e. The molecule has 1 saturated heterocycles. The van der Waals surface area contributed by atoms with E-state index in [0.29, 0.717) is 12.5 Å². The van der Waals surface area contributed by atoms with E-state index < -0.39 is 0 Å². The third-order valence-corrected chi connectivity index (χ3v) is 4.14. The molecule has 4 rings (SSSR count). The summed E-state index contributed by atoms with van der Waals surface area (Å²) < 4.78 is 1.72. The Hall–Kier alpha value is -2.86. The molecule has 0 amide bonds.